The first kappa shape index (κ1) is 16.0. The second-order valence-corrected chi connectivity index (χ2v) is 6.77. The van der Waals surface area contributed by atoms with Crippen molar-refractivity contribution in [1.82, 2.24) is 4.90 Å². The number of carboxylic acids is 1. The van der Waals surface area contributed by atoms with Gasteiger partial charge in [-0.05, 0) is 50.8 Å². The molecule has 1 unspecified atom stereocenters. The van der Waals surface area contributed by atoms with E-state index in [9.17, 15) is 9.90 Å². The van der Waals surface area contributed by atoms with Crippen molar-refractivity contribution in [3.63, 3.8) is 0 Å². The highest BCUT2D eigenvalue weighted by Crippen LogP contribution is 2.36. The summed E-state index contributed by atoms with van der Waals surface area (Å²) in [5.74, 6) is 0.00476. The second kappa shape index (κ2) is 6.61. The first-order valence-corrected chi connectivity index (χ1v) is 7.98. The van der Waals surface area contributed by atoms with Crippen LogP contribution in [0.4, 0.5) is 0 Å². The van der Waals surface area contributed by atoms with Crippen molar-refractivity contribution < 1.29 is 9.90 Å². The summed E-state index contributed by atoms with van der Waals surface area (Å²) in [5.41, 5.74) is 0.253. The van der Waals surface area contributed by atoms with Gasteiger partial charge in [0.05, 0.1) is 5.41 Å². The molecule has 21 heavy (non-hydrogen) atoms. The number of likely N-dealkylation sites (tertiary alicyclic amines) is 1. The lowest BCUT2D eigenvalue weighted by Gasteiger charge is -2.42. The molecule has 3 nitrogen and oxygen atoms in total. The molecule has 1 aliphatic rings. The number of rotatable bonds is 5. The quantitative estimate of drug-likeness (QED) is 0.901. The van der Waals surface area contributed by atoms with Crippen LogP contribution in [0.1, 0.15) is 45.6 Å². The Hall–Kier alpha value is -1.35. The molecule has 0 spiro atoms. The third-order valence-electron chi connectivity index (χ3n) is 4.82. The highest BCUT2D eigenvalue weighted by molar-refractivity contribution is 5.81. The van der Waals surface area contributed by atoms with Gasteiger partial charge < -0.3 is 10.0 Å². The summed E-state index contributed by atoms with van der Waals surface area (Å²) in [6.07, 6.45) is 2.58. The van der Waals surface area contributed by atoms with Crippen LogP contribution in [-0.4, -0.2) is 35.1 Å². The van der Waals surface area contributed by atoms with Gasteiger partial charge in [0, 0.05) is 6.04 Å². The number of carbonyl (C=O) groups is 1. The number of nitrogens with zero attached hydrogens (tertiary/aromatic N) is 1. The van der Waals surface area contributed by atoms with Crippen molar-refractivity contribution in [2.24, 2.45) is 5.92 Å². The zero-order valence-electron chi connectivity index (χ0n) is 13.4. The average Bonchev–Trinajstić information content (AvgIpc) is 2.47. The number of hydrogen-bond donors (Lipinski definition) is 1. The van der Waals surface area contributed by atoms with Gasteiger partial charge in [-0.2, -0.15) is 0 Å². The van der Waals surface area contributed by atoms with E-state index in [-0.39, 0.29) is 0 Å². The van der Waals surface area contributed by atoms with Crippen molar-refractivity contribution in [2.75, 3.05) is 13.1 Å². The number of carboxylic acid groups (broad SMARTS) is 1. The lowest BCUT2D eigenvalue weighted by atomic mass is 9.72. The summed E-state index contributed by atoms with van der Waals surface area (Å²) >= 11 is 0. The van der Waals surface area contributed by atoms with E-state index < -0.39 is 11.4 Å². The van der Waals surface area contributed by atoms with Gasteiger partial charge >= 0.3 is 5.97 Å². The molecule has 0 aromatic heterocycles. The number of hydrogen-bond acceptors (Lipinski definition) is 2. The van der Waals surface area contributed by atoms with Crippen LogP contribution in [-0.2, 0) is 10.2 Å². The van der Waals surface area contributed by atoms with Gasteiger partial charge in [-0.1, -0.05) is 44.2 Å². The van der Waals surface area contributed by atoms with Crippen LogP contribution >= 0.6 is 0 Å². The van der Waals surface area contributed by atoms with Crippen molar-refractivity contribution >= 4 is 5.97 Å². The van der Waals surface area contributed by atoms with E-state index >= 15 is 0 Å². The standard InChI is InChI=1S/C18H27NO2/c1-14(2)13-15(3)19-11-9-18(10-12-19,17(20)21)16-7-5-4-6-8-16/h4-8,14-15H,9-13H2,1-3H3,(H,20,21). The fourth-order valence-electron chi connectivity index (χ4n) is 3.56. The van der Waals surface area contributed by atoms with Crippen LogP contribution < -0.4 is 0 Å². The van der Waals surface area contributed by atoms with Gasteiger partial charge in [-0.15, -0.1) is 0 Å². The molecule has 0 radical (unpaired) electrons. The average molecular weight is 289 g/mol. The van der Waals surface area contributed by atoms with Crippen LogP contribution in [0.2, 0.25) is 0 Å². The van der Waals surface area contributed by atoms with E-state index in [1.165, 1.54) is 6.42 Å². The number of aliphatic carboxylic acids is 1. The topological polar surface area (TPSA) is 40.5 Å². The summed E-state index contributed by atoms with van der Waals surface area (Å²) in [4.78, 5) is 14.4. The molecule has 0 amide bonds. The molecule has 0 saturated carbocycles. The van der Waals surface area contributed by atoms with E-state index in [1.54, 1.807) is 0 Å². The molecule has 3 heteroatoms. The Labute approximate surface area is 128 Å². The maximum Gasteiger partial charge on any atom is 0.314 e. The van der Waals surface area contributed by atoms with Gasteiger partial charge in [0.25, 0.3) is 0 Å². The molecule has 1 atom stereocenters. The van der Waals surface area contributed by atoms with Crippen LogP contribution in [0.25, 0.3) is 0 Å². The summed E-state index contributed by atoms with van der Waals surface area (Å²) in [5, 5.41) is 9.79. The highest BCUT2D eigenvalue weighted by Gasteiger charge is 2.43. The summed E-state index contributed by atoms with van der Waals surface area (Å²) in [6.45, 7) is 8.48. The van der Waals surface area contributed by atoms with Crippen LogP contribution in [0, 0.1) is 5.92 Å². The molecule has 1 aromatic carbocycles. The van der Waals surface area contributed by atoms with Crippen LogP contribution in [0.3, 0.4) is 0 Å². The minimum Gasteiger partial charge on any atom is -0.481 e. The molecule has 1 saturated heterocycles. The lowest BCUT2D eigenvalue weighted by molar-refractivity contribution is -0.146. The zero-order chi connectivity index (χ0) is 15.5. The predicted molar refractivity (Wildman–Crippen MR) is 85.5 cm³/mol. The molecule has 1 aliphatic heterocycles. The normalized spacial score (nSPS) is 20.4. The van der Waals surface area contributed by atoms with Crippen molar-refractivity contribution in [2.45, 2.75) is 51.5 Å². The SMILES string of the molecule is CC(C)CC(C)N1CCC(C(=O)O)(c2ccccc2)CC1. The first-order chi connectivity index (χ1) is 9.95. The van der Waals surface area contributed by atoms with Gasteiger partial charge in [0.2, 0.25) is 0 Å². The van der Waals surface area contributed by atoms with Crippen molar-refractivity contribution in [1.29, 1.82) is 0 Å². The Kier molecular flexibility index (Phi) is 5.04. The molecule has 1 fully saturated rings. The summed E-state index contributed by atoms with van der Waals surface area (Å²) in [6, 6.07) is 10.3. The van der Waals surface area contributed by atoms with Gasteiger partial charge in [-0.3, -0.25) is 4.79 Å². The summed E-state index contributed by atoms with van der Waals surface area (Å²) in [7, 11) is 0. The van der Waals surface area contributed by atoms with Crippen LogP contribution in [0.5, 0.6) is 0 Å². The molecule has 0 aliphatic carbocycles. The largest absolute Gasteiger partial charge is 0.481 e. The number of piperidine rings is 1. The maximum absolute atomic E-state index is 11.9. The zero-order valence-corrected chi connectivity index (χ0v) is 13.4. The highest BCUT2D eigenvalue weighted by atomic mass is 16.4. The minimum atomic E-state index is -0.699. The van der Waals surface area contributed by atoms with Crippen molar-refractivity contribution in [3.05, 3.63) is 35.9 Å². The van der Waals surface area contributed by atoms with E-state index in [2.05, 4.69) is 25.7 Å². The summed E-state index contributed by atoms with van der Waals surface area (Å²) < 4.78 is 0. The Morgan fingerprint density at radius 1 is 1.19 bits per heavy atom. The molecule has 1 aromatic rings. The monoisotopic (exact) mass is 289 g/mol. The number of benzene rings is 1. The Morgan fingerprint density at radius 3 is 2.24 bits per heavy atom. The third-order valence-corrected chi connectivity index (χ3v) is 4.82. The van der Waals surface area contributed by atoms with E-state index in [0.29, 0.717) is 24.8 Å². The first-order valence-electron chi connectivity index (χ1n) is 7.98. The van der Waals surface area contributed by atoms with Gasteiger partial charge in [0.1, 0.15) is 0 Å². The lowest BCUT2D eigenvalue weighted by Crippen LogP contribution is -2.49. The van der Waals surface area contributed by atoms with E-state index in [0.717, 1.165) is 18.7 Å². The minimum absolute atomic E-state index is 0.535. The van der Waals surface area contributed by atoms with Crippen molar-refractivity contribution in [3.8, 4) is 0 Å². The predicted octanol–water partition coefficient (Wildman–Crippen LogP) is 3.54. The molecular formula is C18H27NO2. The molecule has 1 N–H and O–H groups in total. The van der Waals surface area contributed by atoms with Gasteiger partial charge in [-0.25, -0.2) is 0 Å². The van der Waals surface area contributed by atoms with Gasteiger partial charge in [0.15, 0.2) is 0 Å². The molecule has 116 valence electrons. The van der Waals surface area contributed by atoms with Crippen LogP contribution in [0.15, 0.2) is 30.3 Å². The Balaban J connectivity index is 2.10. The molecular weight excluding hydrogens is 262 g/mol. The fourth-order valence-corrected chi connectivity index (χ4v) is 3.56. The second-order valence-electron chi connectivity index (χ2n) is 6.77. The molecule has 1 heterocycles. The van der Waals surface area contributed by atoms with E-state index in [1.807, 2.05) is 30.3 Å². The fraction of sp³-hybridized carbons (Fsp3) is 0.611. The molecule has 2 rings (SSSR count). The Bertz CT molecular complexity index is 461. The maximum atomic E-state index is 11.9. The third kappa shape index (κ3) is 3.46. The Morgan fingerprint density at radius 2 is 1.76 bits per heavy atom. The smallest absolute Gasteiger partial charge is 0.314 e. The van der Waals surface area contributed by atoms with E-state index in [4.69, 9.17) is 0 Å². The molecule has 0 bridgehead atoms.